The first kappa shape index (κ1) is 12.8. The van der Waals surface area contributed by atoms with Crippen LogP contribution in [0.4, 0.5) is 13.2 Å². The van der Waals surface area contributed by atoms with Crippen LogP contribution in [-0.2, 0) is 9.59 Å². The molecule has 92 valence electrons. The summed E-state index contributed by atoms with van der Waals surface area (Å²) in [4.78, 5) is 22.7. The van der Waals surface area contributed by atoms with Crippen LogP contribution in [0.25, 0.3) is 0 Å². The molecule has 7 heteroatoms. The van der Waals surface area contributed by atoms with Crippen LogP contribution in [0, 0.1) is 5.92 Å². The summed E-state index contributed by atoms with van der Waals surface area (Å²) in [7, 11) is 0. The highest BCUT2D eigenvalue weighted by Gasteiger charge is 2.51. The molecule has 1 aliphatic heterocycles. The van der Waals surface area contributed by atoms with Crippen molar-refractivity contribution in [1.29, 1.82) is 0 Å². The number of nitrogens with two attached hydrogens (primary N) is 1. The van der Waals surface area contributed by atoms with E-state index in [-0.39, 0.29) is 12.3 Å². The van der Waals surface area contributed by atoms with Crippen LogP contribution < -0.4 is 5.73 Å². The standard InChI is InChI=1S/C9H13F3N2O2/c1-4-3-6(7(13)15)14(5(4)2)8(16)9(10,11)12/h4-6H,3H2,1-2H3,(H2,13,15)/t4-,5?,6-/m0/s1. The van der Waals surface area contributed by atoms with Crippen molar-refractivity contribution in [2.75, 3.05) is 0 Å². The van der Waals surface area contributed by atoms with Gasteiger partial charge in [0.25, 0.3) is 0 Å². The van der Waals surface area contributed by atoms with Crippen LogP contribution in [0.1, 0.15) is 20.3 Å². The zero-order valence-corrected chi connectivity index (χ0v) is 8.91. The zero-order valence-electron chi connectivity index (χ0n) is 8.91. The number of carbonyl (C=O) groups excluding carboxylic acids is 2. The number of amides is 2. The Morgan fingerprint density at radius 1 is 1.31 bits per heavy atom. The summed E-state index contributed by atoms with van der Waals surface area (Å²) < 4.78 is 36.9. The maximum Gasteiger partial charge on any atom is 0.471 e. The molecule has 0 saturated carbocycles. The number of alkyl halides is 3. The fraction of sp³-hybridized carbons (Fsp3) is 0.778. The second-order valence-corrected chi connectivity index (χ2v) is 4.08. The first-order chi connectivity index (χ1) is 7.16. The average Bonchev–Trinajstić information content (AvgIpc) is 2.41. The van der Waals surface area contributed by atoms with Gasteiger partial charge in [0.1, 0.15) is 6.04 Å². The van der Waals surface area contributed by atoms with Gasteiger partial charge >= 0.3 is 12.1 Å². The molecule has 0 aromatic heterocycles. The number of nitrogens with zero attached hydrogens (tertiary/aromatic N) is 1. The number of halogens is 3. The van der Waals surface area contributed by atoms with Gasteiger partial charge in [0.15, 0.2) is 0 Å². The van der Waals surface area contributed by atoms with E-state index >= 15 is 0 Å². The van der Waals surface area contributed by atoms with Crippen molar-refractivity contribution in [3.8, 4) is 0 Å². The lowest BCUT2D eigenvalue weighted by Crippen LogP contribution is -2.51. The molecular weight excluding hydrogens is 225 g/mol. The molecule has 0 aromatic carbocycles. The van der Waals surface area contributed by atoms with E-state index < -0.39 is 30.1 Å². The van der Waals surface area contributed by atoms with Crippen LogP contribution in [0.15, 0.2) is 0 Å². The molecule has 16 heavy (non-hydrogen) atoms. The predicted octanol–water partition coefficient (Wildman–Crippen LogP) is 0.659. The summed E-state index contributed by atoms with van der Waals surface area (Å²) in [5.74, 6) is -3.06. The van der Waals surface area contributed by atoms with Gasteiger partial charge in [0, 0.05) is 6.04 Å². The van der Waals surface area contributed by atoms with Gasteiger partial charge in [-0.05, 0) is 19.3 Å². The van der Waals surface area contributed by atoms with Crippen molar-refractivity contribution >= 4 is 11.8 Å². The van der Waals surface area contributed by atoms with Crippen molar-refractivity contribution in [1.82, 2.24) is 4.90 Å². The van der Waals surface area contributed by atoms with Crippen LogP contribution in [0.5, 0.6) is 0 Å². The van der Waals surface area contributed by atoms with E-state index in [9.17, 15) is 22.8 Å². The Morgan fingerprint density at radius 3 is 2.19 bits per heavy atom. The van der Waals surface area contributed by atoms with Crippen molar-refractivity contribution in [3.05, 3.63) is 0 Å². The second-order valence-electron chi connectivity index (χ2n) is 4.08. The Hall–Kier alpha value is -1.27. The van der Waals surface area contributed by atoms with E-state index in [1.54, 1.807) is 6.92 Å². The monoisotopic (exact) mass is 238 g/mol. The van der Waals surface area contributed by atoms with E-state index in [4.69, 9.17) is 5.73 Å². The molecule has 2 amide bonds. The average molecular weight is 238 g/mol. The smallest absolute Gasteiger partial charge is 0.368 e. The van der Waals surface area contributed by atoms with Crippen molar-refractivity contribution < 1.29 is 22.8 Å². The molecule has 1 fully saturated rings. The Bertz CT molecular complexity index is 316. The summed E-state index contributed by atoms with van der Waals surface area (Å²) in [5.41, 5.74) is 4.99. The van der Waals surface area contributed by atoms with Gasteiger partial charge < -0.3 is 10.6 Å². The van der Waals surface area contributed by atoms with Crippen LogP contribution in [0.2, 0.25) is 0 Å². The van der Waals surface area contributed by atoms with Gasteiger partial charge in [-0.1, -0.05) is 6.92 Å². The minimum Gasteiger partial charge on any atom is -0.368 e. The van der Waals surface area contributed by atoms with Crippen molar-refractivity contribution in [3.63, 3.8) is 0 Å². The van der Waals surface area contributed by atoms with E-state index in [0.717, 1.165) is 0 Å². The summed E-state index contributed by atoms with van der Waals surface area (Å²) in [6.45, 7) is 3.17. The topological polar surface area (TPSA) is 63.4 Å². The number of likely N-dealkylation sites (tertiary alicyclic amines) is 1. The third-order valence-electron chi connectivity index (χ3n) is 3.00. The molecule has 1 saturated heterocycles. The molecule has 1 unspecified atom stereocenters. The van der Waals surface area contributed by atoms with Crippen molar-refractivity contribution in [2.24, 2.45) is 11.7 Å². The summed E-state index contributed by atoms with van der Waals surface area (Å²) in [6, 6.07) is -1.79. The lowest BCUT2D eigenvalue weighted by Gasteiger charge is -2.28. The quantitative estimate of drug-likeness (QED) is 0.729. The molecule has 1 aliphatic rings. The molecule has 2 N–H and O–H groups in total. The van der Waals surface area contributed by atoms with Gasteiger partial charge in [-0.2, -0.15) is 13.2 Å². The normalized spacial score (nSPS) is 30.6. The van der Waals surface area contributed by atoms with Crippen LogP contribution in [0.3, 0.4) is 0 Å². The maximum absolute atomic E-state index is 12.3. The van der Waals surface area contributed by atoms with E-state index in [1.165, 1.54) is 6.92 Å². The number of primary amides is 1. The highest BCUT2D eigenvalue weighted by molar-refractivity contribution is 5.90. The third-order valence-corrected chi connectivity index (χ3v) is 3.00. The maximum atomic E-state index is 12.3. The van der Waals surface area contributed by atoms with Crippen LogP contribution in [-0.4, -0.2) is 35.0 Å². The first-order valence-electron chi connectivity index (χ1n) is 4.85. The number of carbonyl (C=O) groups is 2. The van der Waals surface area contributed by atoms with E-state index in [2.05, 4.69) is 0 Å². The molecule has 4 nitrogen and oxygen atoms in total. The number of hydrogen-bond acceptors (Lipinski definition) is 2. The van der Waals surface area contributed by atoms with E-state index in [0.29, 0.717) is 4.90 Å². The first-order valence-corrected chi connectivity index (χ1v) is 4.85. The Balaban J connectivity index is 2.99. The predicted molar refractivity (Wildman–Crippen MR) is 49.1 cm³/mol. The molecule has 0 aliphatic carbocycles. The van der Waals surface area contributed by atoms with Gasteiger partial charge in [-0.3, -0.25) is 9.59 Å². The summed E-state index contributed by atoms with van der Waals surface area (Å²) in [5, 5.41) is 0. The summed E-state index contributed by atoms with van der Waals surface area (Å²) in [6.07, 6.45) is -4.79. The number of rotatable bonds is 1. The van der Waals surface area contributed by atoms with Crippen molar-refractivity contribution in [2.45, 2.75) is 38.5 Å². The molecule has 1 rings (SSSR count). The minimum absolute atomic E-state index is 0.177. The molecule has 0 radical (unpaired) electrons. The molecule has 3 atom stereocenters. The second kappa shape index (κ2) is 3.95. The Labute approximate surface area is 90.6 Å². The lowest BCUT2D eigenvalue weighted by molar-refractivity contribution is -0.188. The largest absolute Gasteiger partial charge is 0.471 e. The Kier molecular flexibility index (Phi) is 3.16. The molecule has 0 spiro atoms. The van der Waals surface area contributed by atoms with E-state index in [1.807, 2.05) is 0 Å². The molecule has 1 heterocycles. The SMILES string of the molecule is CC1[C@@H](C)C[C@@H](C(N)=O)N1C(=O)C(F)(F)F. The highest BCUT2D eigenvalue weighted by atomic mass is 19.4. The summed E-state index contributed by atoms with van der Waals surface area (Å²) >= 11 is 0. The Morgan fingerprint density at radius 2 is 1.81 bits per heavy atom. The van der Waals surface area contributed by atoms with Gasteiger partial charge in [0.05, 0.1) is 0 Å². The molecular formula is C9H13F3N2O2. The van der Waals surface area contributed by atoms with Gasteiger partial charge in [-0.25, -0.2) is 0 Å². The minimum atomic E-state index is -4.97. The number of hydrogen-bond donors (Lipinski definition) is 1. The van der Waals surface area contributed by atoms with Crippen LogP contribution >= 0.6 is 0 Å². The molecule has 0 aromatic rings. The fourth-order valence-electron chi connectivity index (χ4n) is 1.95. The third kappa shape index (κ3) is 2.12. The van der Waals surface area contributed by atoms with Gasteiger partial charge in [0.2, 0.25) is 5.91 Å². The fourth-order valence-corrected chi connectivity index (χ4v) is 1.95. The lowest BCUT2D eigenvalue weighted by atomic mass is 10.0. The zero-order chi connectivity index (χ0) is 12.7. The molecule has 0 bridgehead atoms. The van der Waals surface area contributed by atoms with Gasteiger partial charge in [-0.15, -0.1) is 0 Å². The highest BCUT2D eigenvalue weighted by Crippen LogP contribution is 2.33.